The predicted octanol–water partition coefficient (Wildman–Crippen LogP) is 4.19. The van der Waals surface area contributed by atoms with Gasteiger partial charge in [-0.15, -0.1) is 0 Å². The van der Waals surface area contributed by atoms with Crippen LogP contribution in [0.25, 0.3) is 0 Å². The number of allylic oxidation sites excluding steroid dienone is 1. The topological polar surface area (TPSA) is 30.0 Å². The largest absolute Gasteiger partial charge is 0.289 e. The maximum atomic E-state index is 12.0. The fraction of sp³-hybridized carbons (Fsp3) is 0.125. The van der Waals surface area contributed by atoms with Crippen molar-refractivity contribution in [1.29, 1.82) is 0 Å². The molecule has 0 fully saturated rings. The van der Waals surface area contributed by atoms with Crippen molar-refractivity contribution < 1.29 is 4.79 Å². The molecule has 1 aromatic carbocycles. The van der Waals surface area contributed by atoms with Crippen molar-refractivity contribution in [3.05, 3.63) is 70.8 Å². The third-order valence-corrected chi connectivity index (χ3v) is 3.45. The summed E-state index contributed by atoms with van der Waals surface area (Å²) in [5.74, 6) is 0.0286. The van der Waals surface area contributed by atoms with E-state index in [1.165, 1.54) is 17.3 Å². The van der Waals surface area contributed by atoms with E-state index in [1.807, 2.05) is 50.2 Å². The molecule has 0 atom stereocenters. The quantitative estimate of drug-likeness (QED) is 0.473. The van der Waals surface area contributed by atoms with E-state index in [0.29, 0.717) is 0 Å². The molecule has 0 unspecified atom stereocenters. The zero-order chi connectivity index (χ0) is 13.7. The third-order valence-electron chi connectivity index (χ3n) is 2.69. The van der Waals surface area contributed by atoms with Gasteiger partial charge in [0.25, 0.3) is 0 Å². The molecule has 0 saturated carbocycles. The first-order valence-corrected chi connectivity index (χ1v) is 6.90. The number of carbonyl (C=O) groups is 1. The summed E-state index contributed by atoms with van der Waals surface area (Å²) in [4.78, 5) is 16.2. The smallest absolute Gasteiger partial charge is 0.186 e. The Bertz CT molecular complexity index is 605. The molecule has 2 aromatic rings. The molecule has 2 nitrogen and oxygen atoms in total. The lowest BCUT2D eigenvalue weighted by atomic mass is 10.0. The Balaban J connectivity index is 2.05. The van der Waals surface area contributed by atoms with Gasteiger partial charge in [0.2, 0.25) is 0 Å². The minimum absolute atomic E-state index is 0.0286. The number of nitrogens with zero attached hydrogens (tertiary/aromatic N) is 1. The first kappa shape index (κ1) is 13.6. The van der Waals surface area contributed by atoms with Crippen molar-refractivity contribution in [3.63, 3.8) is 0 Å². The van der Waals surface area contributed by atoms with Crippen LogP contribution in [0.3, 0.4) is 0 Å². The van der Waals surface area contributed by atoms with Gasteiger partial charge in [0.05, 0.1) is 0 Å². The Morgan fingerprint density at radius 1 is 1.21 bits per heavy atom. The second kappa shape index (κ2) is 6.34. The number of thioether (sulfide) groups is 1. The van der Waals surface area contributed by atoms with Crippen LogP contribution in [0.2, 0.25) is 0 Å². The first-order chi connectivity index (χ1) is 9.16. The van der Waals surface area contributed by atoms with E-state index in [0.717, 1.165) is 16.2 Å². The van der Waals surface area contributed by atoms with Gasteiger partial charge in [-0.3, -0.25) is 4.79 Å². The summed E-state index contributed by atoms with van der Waals surface area (Å²) in [5.41, 5.74) is 2.93. The van der Waals surface area contributed by atoms with Gasteiger partial charge in [0.15, 0.2) is 5.78 Å². The summed E-state index contributed by atoms with van der Waals surface area (Å²) >= 11 is 1.44. The average molecular weight is 269 g/mol. The van der Waals surface area contributed by atoms with Crippen molar-refractivity contribution >= 4 is 17.5 Å². The molecule has 0 N–H and O–H groups in total. The second-order valence-corrected chi connectivity index (χ2v) is 5.20. The SMILES string of the molecule is Cc1ccc(C(=O)/C=C\Sc2ccccn2)c(C)c1. The summed E-state index contributed by atoms with van der Waals surface area (Å²) in [6.07, 6.45) is 3.33. The van der Waals surface area contributed by atoms with Gasteiger partial charge < -0.3 is 0 Å². The van der Waals surface area contributed by atoms with E-state index in [9.17, 15) is 4.79 Å². The molecule has 0 amide bonds. The normalized spacial score (nSPS) is 10.8. The zero-order valence-electron chi connectivity index (χ0n) is 11.0. The minimum Gasteiger partial charge on any atom is -0.289 e. The summed E-state index contributed by atoms with van der Waals surface area (Å²) in [7, 11) is 0. The van der Waals surface area contributed by atoms with Crippen LogP contribution < -0.4 is 0 Å². The number of hydrogen-bond acceptors (Lipinski definition) is 3. The molecular weight excluding hydrogens is 254 g/mol. The van der Waals surface area contributed by atoms with Crippen molar-refractivity contribution in [3.8, 4) is 0 Å². The fourth-order valence-electron chi connectivity index (χ4n) is 1.76. The summed E-state index contributed by atoms with van der Waals surface area (Å²) in [5, 5.41) is 2.66. The number of aryl methyl sites for hydroxylation is 2. The van der Waals surface area contributed by atoms with E-state index >= 15 is 0 Å². The monoisotopic (exact) mass is 269 g/mol. The van der Waals surface area contributed by atoms with Crippen LogP contribution in [0.5, 0.6) is 0 Å². The molecule has 1 aromatic heterocycles. The summed E-state index contributed by atoms with van der Waals surface area (Å²) < 4.78 is 0. The Morgan fingerprint density at radius 2 is 2.05 bits per heavy atom. The molecule has 2 rings (SSSR count). The van der Waals surface area contributed by atoms with Gasteiger partial charge in [0, 0.05) is 11.8 Å². The maximum Gasteiger partial charge on any atom is 0.186 e. The number of aromatic nitrogens is 1. The second-order valence-electron chi connectivity index (χ2n) is 4.27. The Labute approximate surface area is 117 Å². The molecule has 0 bridgehead atoms. The number of benzene rings is 1. The van der Waals surface area contributed by atoms with Crippen LogP contribution in [-0.2, 0) is 0 Å². The van der Waals surface area contributed by atoms with E-state index < -0.39 is 0 Å². The van der Waals surface area contributed by atoms with Crippen LogP contribution in [0.4, 0.5) is 0 Å². The number of carbonyl (C=O) groups excluding carboxylic acids is 1. The Kier molecular flexibility index (Phi) is 4.53. The zero-order valence-corrected chi connectivity index (χ0v) is 11.8. The highest BCUT2D eigenvalue weighted by atomic mass is 32.2. The summed E-state index contributed by atoms with van der Waals surface area (Å²) in [6.45, 7) is 3.98. The van der Waals surface area contributed by atoms with Gasteiger partial charge in [0.1, 0.15) is 5.03 Å². The highest BCUT2D eigenvalue weighted by molar-refractivity contribution is 8.02. The van der Waals surface area contributed by atoms with Crippen LogP contribution in [0.15, 0.2) is 59.1 Å². The maximum absolute atomic E-state index is 12.0. The fourth-order valence-corrected chi connectivity index (χ4v) is 2.37. The van der Waals surface area contributed by atoms with Gasteiger partial charge in [-0.05, 0) is 43.0 Å². The van der Waals surface area contributed by atoms with Gasteiger partial charge in [-0.1, -0.05) is 41.6 Å². The molecular formula is C16H15NOS. The lowest BCUT2D eigenvalue weighted by Gasteiger charge is -2.02. The Morgan fingerprint density at radius 3 is 2.74 bits per heavy atom. The minimum atomic E-state index is 0.0286. The van der Waals surface area contributed by atoms with Crippen LogP contribution in [-0.4, -0.2) is 10.8 Å². The number of hydrogen-bond donors (Lipinski definition) is 0. The molecule has 1 heterocycles. The third kappa shape index (κ3) is 3.80. The molecule has 96 valence electrons. The number of rotatable bonds is 4. The molecule has 0 saturated heterocycles. The van der Waals surface area contributed by atoms with Crippen molar-refractivity contribution in [2.24, 2.45) is 0 Å². The number of pyridine rings is 1. The van der Waals surface area contributed by atoms with Crippen LogP contribution in [0, 0.1) is 13.8 Å². The van der Waals surface area contributed by atoms with E-state index in [1.54, 1.807) is 17.7 Å². The lowest BCUT2D eigenvalue weighted by molar-refractivity contribution is 0.104. The van der Waals surface area contributed by atoms with Crippen LogP contribution >= 0.6 is 11.8 Å². The van der Waals surface area contributed by atoms with Crippen molar-refractivity contribution in [2.75, 3.05) is 0 Å². The molecule has 0 aliphatic carbocycles. The van der Waals surface area contributed by atoms with Gasteiger partial charge >= 0.3 is 0 Å². The van der Waals surface area contributed by atoms with Crippen LogP contribution in [0.1, 0.15) is 21.5 Å². The molecule has 0 spiro atoms. The highest BCUT2D eigenvalue weighted by Gasteiger charge is 2.05. The highest BCUT2D eigenvalue weighted by Crippen LogP contribution is 2.17. The molecule has 0 aliphatic heterocycles. The standard InChI is InChI=1S/C16H15NOS/c1-12-6-7-14(13(2)11-12)15(18)8-10-19-16-5-3-4-9-17-16/h3-11H,1-2H3/b10-8-. The predicted molar refractivity (Wildman–Crippen MR) is 79.5 cm³/mol. The van der Waals surface area contributed by atoms with E-state index in [-0.39, 0.29) is 5.78 Å². The number of ketones is 1. The molecule has 19 heavy (non-hydrogen) atoms. The van der Waals surface area contributed by atoms with Gasteiger partial charge in [-0.25, -0.2) is 4.98 Å². The molecule has 0 radical (unpaired) electrons. The first-order valence-electron chi connectivity index (χ1n) is 6.02. The lowest BCUT2D eigenvalue weighted by Crippen LogP contribution is -1.97. The van der Waals surface area contributed by atoms with E-state index in [2.05, 4.69) is 4.98 Å². The summed E-state index contributed by atoms with van der Waals surface area (Å²) in [6, 6.07) is 11.6. The van der Waals surface area contributed by atoms with Crippen molar-refractivity contribution in [1.82, 2.24) is 4.98 Å². The molecule has 0 aliphatic rings. The Hall–Kier alpha value is -1.87. The average Bonchev–Trinajstić information content (AvgIpc) is 2.39. The molecule has 3 heteroatoms. The van der Waals surface area contributed by atoms with E-state index in [4.69, 9.17) is 0 Å². The van der Waals surface area contributed by atoms with Gasteiger partial charge in [-0.2, -0.15) is 0 Å². The van der Waals surface area contributed by atoms with Crippen molar-refractivity contribution in [2.45, 2.75) is 18.9 Å².